The summed E-state index contributed by atoms with van der Waals surface area (Å²) in [6.45, 7) is 0. The van der Waals surface area contributed by atoms with Gasteiger partial charge in [-0.3, -0.25) is 9.59 Å². The van der Waals surface area contributed by atoms with Gasteiger partial charge < -0.3 is 9.15 Å². The lowest BCUT2D eigenvalue weighted by atomic mass is 9.93. The van der Waals surface area contributed by atoms with Crippen molar-refractivity contribution in [2.75, 3.05) is 0 Å². The number of carbonyl (C=O) groups is 2. The molecule has 0 atom stereocenters. The molecule has 2 rings (SSSR count). The van der Waals surface area contributed by atoms with Crippen LogP contribution in [0.3, 0.4) is 0 Å². The third kappa shape index (κ3) is 1.61. The maximum absolute atomic E-state index is 10.9. The maximum atomic E-state index is 10.9. The highest BCUT2D eigenvalue weighted by Gasteiger charge is 2.28. The average molecular weight is 180 g/mol. The van der Waals surface area contributed by atoms with E-state index in [9.17, 15) is 9.59 Å². The lowest BCUT2D eigenvalue weighted by molar-refractivity contribution is -0.163. The number of furan rings is 1. The molecule has 1 saturated heterocycles. The van der Waals surface area contributed by atoms with Crippen molar-refractivity contribution in [2.45, 2.75) is 18.8 Å². The summed E-state index contributed by atoms with van der Waals surface area (Å²) in [7, 11) is 0. The van der Waals surface area contributed by atoms with Gasteiger partial charge in [0.15, 0.2) is 0 Å². The van der Waals surface area contributed by atoms with Crippen LogP contribution < -0.4 is 0 Å². The zero-order valence-corrected chi connectivity index (χ0v) is 6.86. The number of rotatable bonds is 1. The fourth-order valence-corrected chi connectivity index (χ4v) is 1.43. The lowest BCUT2D eigenvalue weighted by Gasteiger charge is -2.17. The second-order valence-electron chi connectivity index (χ2n) is 3.01. The van der Waals surface area contributed by atoms with E-state index >= 15 is 0 Å². The van der Waals surface area contributed by atoms with Gasteiger partial charge in [-0.05, 0) is 11.6 Å². The Balaban J connectivity index is 2.16. The molecule has 4 heteroatoms. The number of ether oxygens (including phenoxy) is 1. The maximum Gasteiger partial charge on any atom is 0.314 e. The van der Waals surface area contributed by atoms with E-state index in [1.807, 2.05) is 0 Å². The highest BCUT2D eigenvalue weighted by atomic mass is 16.6. The molecule has 0 aromatic carbocycles. The van der Waals surface area contributed by atoms with Crippen molar-refractivity contribution in [1.29, 1.82) is 0 Å². The smallest absolute Gasteiger partial charge is 0.314 e. The van der Waals surface area contributed by atoms with Gasteiger partial charge in [-0.1, -0.05) is 0 Å². The van der Waals surface area contributed by atoms with Gasteiger partial charge in [-0.25, -0.2) is 0 Å². The molecule has 1 aromatic rings. The first-order valence-electron chi connectivity index (χ1n) is 4.01. The first-order chi connectivity index (χ1) is 6.25. The Morgan fingerprint density at radius 2 is 1.92 bits per heavy atom. The Hall–Kier alpha value is -1.58. The van der Waals surface area contributed by atoms with Crippen LogP contribution in [0.2, 0.25) is 0 Å². The van der Waals surface area contributed by atoms with Crippen LogP contribution in [0.1, 0.15) is 24.3 Å². The molecule has 0 N–H and O–H groups in total. The molecule has 4 nitrogen and oxygen atoms in total. The van der Waals surface area contributed by atoms with Crippen LogP contribution in [-0.4, -0.2) is 11.9 Å². The van der Waals surface area contributed by atoms with E-state index in [0.717, 1.165) is 5.56 Å². The topological polar surface area (TPSA) is 56.5 Å². The van der Waals surface area contributed by atoms with Crippen molar-refractivity contribution in [3.63, 3.8) is 0 Å². The number of carbonyl (C=O) groups excluding carboxylic acids is 2. The fourth-order valence-electron chi connectivity index (χ4n) is 1.43. The van der Waals surface area contributed by atoms with Gasteiger partial charge in [-0.15, -0.1) is 0 Å². The minimum atomic E-state index is -0.456. The lowest BCUT2D eigenvalue weighted by Crippen LogP contribution is -2.23. The third-order valence-electron chi connectivity index (χ3n) is 2.07. The molecule has 1 fully saturated rings. The van der Waals surface area contributed by atoms with E-state index in [4.69, 9.17) is 4.42 Å². The molecule has 13 heavy (non-hydrogen) atoms. The molecule has 0 radical (unpaired) electrons. The minimum absolute atomic E-state index is 0.0764. The zero-order chi connectivity index (χ0) is 9.26. The summed E-state index contributed by atoms with van der Waals surface area (Å²) in [4.78, 5) is 21.8. The summed E-state index contributed by atoms with van der Waals surface area (Å²) in [6.07, 6.45) is 3.59. The van der Waals surface area contributed by atoms with Crippen LogP contribution in [0, 0.1) is 0 Å². The summed E-state index contributed by atoms with van der Waals surface area (Å²) >= 11 is 0. The van der Waals surface area contributed by atoms with E-state index in [1.165, 1.54) is 6.26 Å². The van der Waals surface area contributed by atoms with E-state index in [-0.39, 0.29) is 18.8 Å². The molecule has 1 aliphatic rings. The molecule has 1 aromatic heterocycles. The fraction of sp³-hybridized carbons (Fsp3) is 0.333. The van der Waals surface area contributed by atoms with E-state index < -0.39 is 11.9 Å². The molecular weight excluding hydrogens is 172 g/mol. The molecule has 0 aliphatic carbocycles. The van der Waals surface area contributed by atoms with Crippen LogP contribution in [0.25, 0.3) is 0 Å². The Morgan fingerprint density at radius 1 is 1.23 bits per heavy atom. The average Bonchev–Trinajstić information content (AvgIpc) is 2.53. The van der Waals surface area contributed by atoms with Crippen molar-refractivity contribution in [3.05, 3.63) is 24.2 Å². The molecule has 0 spiro atoms. The Labute approximate surface area is 74.5 Å². The van der Waals surface area contributed by atoms with E-state index in [1.54, 1.807) is 12.3 Å². The summed E-state index contributed by atoms with van der Waals surface area (Å²) in [5.74, 6) is -0.989. The van der Waals surface area contributed by atoms with Crippen LogP contribution in [0.15, 0.2) is 23.0 Å². The first-order valence-corrected chi connectivity index (χ1v) is 4.01. The third-order valence-corrected chi connectivity index (χ3v) is 2.07. The van der Waals surface area contributed by atoms with Gasteiger partial charge in [0.2, 0.25) is 0 Å². The monoisotopic (exact) mass is 180 g/mol. The largest absolute Gasteiger partial charge is 0.472 e. The number of hydrogen-bond acceptors (Lipinski definition) is 4. The summed E-state index contributed by atoms with van der Waals surface area (Å²) in [6, 6.07) is 1.76. The number of esters is 2. The van der Waals surface area contributed by atoms with E-state index in [0.29, 0.717) is 0 Å². The highest BCUT2D eigenvalue weighted by molar-refractivity contribution is 5.89. The Morgan fingerprint density at radius 3 is 2.46 bits per heavy atom. The molecular formula is C9H8O4. The SMILES string of the molecule is O=C1CC(c2ccoc2)CC(=O)O1. The quantitative estimate of drug-likeness (QED) is 0.481. The second-order valence-corrected chi connectivity index (χ2v) is 3.01. The van der Waals surface area contributed by atoms with Crippen molar-refractivity contribution in [3.8, 4) is 0 Å². The van der Waals surface area contributed by atoms with Crippen molar-refractivity contribution >= 4 is 11.9 Å². The van der Waals surface area contributed by atoms with Crippen LogP contribution in [-0.2, 0) is 14.3 Å². The van der Waals surface area contributed by atoms with E-state index in [2.05, 4.69) is 4.74 Å². The first kappa shape index (κ1) is 8.04. The molecule has 68 valence electrons. The van der Waals surface area contributed by atoms with Crippen molar-refractivity contribution in [2.24, 2.45) is 0 Å². The Bertz CT molecular complexity index is 309. The van der Waals surface area contributed by atoms with Gasteiger partial charge in [0.05, 0.1) is 25.4 Å². The predicted molar refractivity (Wildman–Crippen MR) is 41.8 cm³/mol. The Kier molecular flexibility index (Phi) is 1.88. The van der Waals surface area contributed by atoms with Gasteiger partial charge in [-0.2, -0.15) is 0 Å². The second kappa shape index (κ2) is 3.05. The van der Waals surface area contributed by atoms with Crippen LogP contribution in [0.4, 0.5) is 0 Å². The summed E-state index contributed by atoms with van der Waals surface area (Å²) in [5.41, 5.74) is 0.880. The summed E-state index contributed by atoms with van der Waals surface area (Å²) < 4.78 is 9.28. The van der Waals surface area contributed by atoms with Gasteiger partial charge in [0, 0.05) is 5.92 Å². The summed E-state index contributed by atoms with van der Waals surface area (Å²) in [5, 5.41) is 0. The van der Waals surface area contributed by atoms with Crippen LogP contribution >= 0.6 is 0 Å². The molecule has 0 saturated carbocycles. The molecule has 1 aliphatic heterocycles. The minimum Gasteiger partial charge on any atom is -0.472 e. The number of hydrogen-bond donors (Lipinski definition) is 0. The zero-order valence-electron chi connectivity index (χ0n) is 6.86. The molecule has 0 unspecified atom stereocenters. The predicted octanol–water partition coefficient (Wildman–Crippen LogP) is 1.23. The normalized spacial score (nSPS) is 18.8. The van der Waals surface area contributed by atoms with Gasteiger partial charge in [0.25, 0.3) is 0 Å². The van der Waals surface area contributed by atoms with Gasteiger partial charge >= 0.3 is 11.9 Å². The van der Waals surface area contributed by atoms with Crippen LogP contribution in [0.5, 0.6) is 0 Å². The molecule has 0 bridgehead atoms. The van der Waals surface area contributed by atoms with Crippen molar-refractivity contribution < 1.29 is 18.7 Å². The van der Waals surface area contributed by atoms with Gasteiger partial charge in [0.1, 0.15) is 0 Å². The standard InChI is InChI=1S/C9H8O4/c10-8-3-7(4-9(11)13-8)6-1-2-12-5-6/h1-2,5,7H,3-4H2. The number of cyclic esters (lactones) is 2. The van der Waals surface area contributed by atoms with Crippen molar-refractivity contribution in [1.82, 2.24) is 0 Å². The molecule has 0 amide bonds. The molecule has 2 heterocycles. The highest BCUT2D eigenvalue weighted by Crippen LogP contribution is 2.28.